The maximum absolute atomic E-state index is 13.2. The number of nitrogens with zero attached hydrogens (tertiary/aromatic N) is 1. The number of ether oxygens (including phenoxy) is 1. The number of amides is 2. The SMILES string of the molecule is CC(C)C[C@H]1CCN(C(=O)[C@@H](NC(=O)OC(C)(C)C)C(C)(C)C)[C@@H]1C(=O)O. The van der Waals surface area contributed by atoms with E-state index in [1.165, 1.54) is 4.90 Å². The molecule has 2 N–H and O–H groups in total. The van der Waals surface area contributed by atoms with Crippen LogP contribution in [0.15, 0.2) is 0 Å². The van der Waals surface area contributed by atoms with Crippen LogP contribution in [-0.4, -0.2) is 52.2 Å². The van der Waals surface area contributed by atoms with Gasteiger partial charge in [-0.2, -0.15) is 0 Å². The van der Waals surface area contributed by atoms with Gasteiger partial charge >= 0.3 is 12.1 Å². The van der Waals surface area contributed by atoms with Gasteiger partial charge < -0.3 is 20.1 Å². The number of carbonyl (C=O) groups excluding carboxylic acids is 2. The number of likely N-dealkylation sites (tertiary alicyclic amines) is 1. The summed E-state index contributed by atoms with van der Waals surface area (Å²) in [6.07, 6.45) is 0.727. The molecule has 0 aliphatic carbocycles. The molecular formula is C20H36N2O5. The molecule has 0 unspecified atom stereocenters. The van der Waals surface area contributed by atoms with Crippen LogP contribution in [0.1, 0.15) is 68.2 Å². The van der Waals surface area contributed by atoms with Crippen molar-refractivity contribution in [2.75, 3.05) is 6.54 Å². The molecule has 1 heterocycles. The maximum Gasteiger partial charge on any atom is 0.408 e. The highest BCUT2D eigenvalue weighted by atomic mass is 16.6. The Morgan fingerprint density at radius 2 is 1.70 bits per heavy atom. The summed E-state index contributed by atoms with van der Waals surface area (Å²) in [5, 5.41) is 12.4. The average molecular weight is 385 g/mol. The number of hydrogen-bond donors (Lipinski definition) is 2. The minimum atomic E-state index is -0.989. The van der Waals surface area contributed by atoms with Gasteiger partial charge in [-0.1, -0.05) is 34.6 Å². The third-order valence-corrected chi connectivity index (χ3v) is 4.61. The summed E-state index contributed by atoms with van der Waals surface area (Å²) in [6, 6.07) is -1.72. The Morgan fingerprint density at radius 3 is 2.11 bits per heavy atom. The standard InChI is InChI=1S/C20H36N2O5/c1-12(2)11-13-9-10-22(14(13)17(24)25)16(23)15(19(3,4)5)21-18(26)27-20(6,7)8/h12-15H,9-11H2,1-8H3,(H,21,26)(H,24,25)/t13-,14+,15-/m1/s1. The van der Waals surface area contributed by atoms with Crippen molar-refractivity contribution in [2.24, 2.45) is 17.3 Å². The summed E-state index contributed by atoms with van der Waals surface area (Å²) in [7, 11) is 0. The Morgan fingerprint density at radius 1 is 1.15 bits per heavy atom. The van der Waals surface area contributed by atoms with Gasteiger partial charge in [0.05, 0.1) is 0 Å². The molecule has 7 heteroatoms. The molecule has 0 spiro atoms. The Bertz CT molecular complexity index is 560. The molecule has 2 amide bonds. The molecule has 7 nitrogen and oxygen atoms in total. The molecular weight excluding hydrogens is 348 g/mol. The Labute approximate surface area is 162 Å². The van der Waals surface area contributed by atoms with E-state index in [9.17, 15) is 19.5 Å². The number of carbonyl (C=O) groups is 3. The van der Waals surface area contributed by atoms with E-state index in [1.807, 2.05) is 34.6 Å². The minimum absolute atomic E-state index is 0.0754. The van der Waals surface area contributed by atoms with E-state index in [1.54, 1.807) is 20.8 Å². The van der Waals surface area contributed by atoms with Gasteiger partial charge in [0.15, 0.2) is 0 Å². The molecule has 0 bridgehead atoms. The van der Waals surface area contributed by atoms with Crippen LogP contribution in [-0.2, 0) is 14.3 Å². The lowest BCUT2D eigenvalue weighted by Crippen LogP contribution is -2.57. The predicted molar refractivity (Wildman–Crippen MR) is 103 cm³/mol. The summed E-state index contributed by atoms with van der Waals surface area (Å²) < 4.78 is 5.29. The topological polar surface area (TPSA) is 95.9 Å². The summed E-state index contributed by atoms with van der Waals surface area (Å²) in [4.78, 5) is 38.8. The number of alkyl carbamates (subject to hydrolysis) is 1. The molecule has 156 valence electrons. The van der Waals surface area contributed by atoms with E-state index in [0.29, 0.717) is 18.9 Å². The molecule has 1 saturated heterocycles. The zero-order valence-electron chi connectivity index (χ0n) is 18.0. The second kappa shape index (κ2) is 8.48. The van der Waals surface area contributed by atoms with Crippen molar-refractivity contribution in [3.05, 3.63) is 0 Å². The first kappa shape index (κ1) is 23.2. The third-order valence-electron chi connectivity index (χ3n) is 4.61. The predicted octanol–water partition coefficient (Wildman–Crippen LogP) is 3.27. The fourth-order valence-electron chi connectivity index (χ4n) is 3.53. The number of carboxylic acids is 1. The summed E-state index contributed by atoms with van der Waals surface area (Å²) >= 11 is 0. The summed E-state index contributed by atoms with van der Waals surface area (Å²) in [5.74, 6) is -1.08. The molecule has 0 radical (unpaired) electrons. The Hall–Kier alpha value is -1.79. The van der Waals surface area contributed by atoms with Crippen molar-refractivity contribution in [1.29, 1.82) is 0 Å². The highest BCUT2D eigenvalue weighted by Gasteiger charge is 2.46. The van der Waals surface area contributed by atoms with Crippen LogP contribution >= 0.6 is 0 Å². The first-order valence-corrected chi connectivity index (χ1v) is 9.66. The van der Waals surface area contributed by atoms with E-state index >= 15 is 0 Å². The molecule has 0 saturated carbocycles. The quantitative estimate of drug-likeness (QED) is 0.758. The van der Waals surface area contributed by atoms with Gasteiger partial charge in [-0.15, -0.1) is 0 Å². The van der Waals surface area contributed by atoms with Gasteiger partial charge in [0.25, 0.3) is 0 Å². The molecule has 0 aromatic heterocycles. The number of carboxylic acid groups (broad SMARTS) is 1. The van der Waals surface area contributed by atoms with E-state index in [-0.39, 0.29) is 11.8 Å². The van der Waals surface area contributed by atoms with E-state index < -0.39 is 35.2 Å². The number of hydrogen-bond acceptors (Lipinski definition) is 4. The Kier molecular flexibility index (Phi) is 7.30. The van der Waals surface area contributed by atoms with Crippen LogP contribution in [0.4, 0.5) is 4.79 Å². The molecule has 1 rings (SSSR count). The van der Waals surface area contributed by atoms with Crippen molar-refractivity contribution >= 4 is 18.0 Å². The summed E-state index contributed by atoms with van der Waals surface area (Å²) in [6.45, 7) is 15.2. The van der Waals surface area contributed by atoms with Gasteiger partial charge in [0.1, 0.15) is 17.7 Å². The van der Waals surface area contributed by atoms with E-state index in [0.717, 1.165) is 6.42 Å². The van der Waals surface area contributed by atoms with Crippen LogP contribution in [0.25, 0.3) is 0 Å². The normalized spacial score (nSPS) is 21.9. The molecule has 0 aromatic carbocycles. The first-order chi connectivity index (χ1) is 12.1. The average Bonchev–Trinajstić information content (AvgIpc) is 2.83. The fraction of sp³-hybridized carbons (Fsp3) is 0.850. The Balaban J connectivity index is 3.04. The molecule has 0 aromatic rings. The van der Waals surface area contributed by atoms with Gasteiger partial charge in [0.2, 0.25) is 5.91 Å². The van der Waals surface area contributed by atoms with Gasteiger partial charge in [-0.25, -0.2) is 9.59 Å². The molecule has 1 fully saturated rings. The lowest BCUT2D eigenvalue weighted by atomic mass is 9.85. The molecule has 3 atom stereocenters. The zero-order chi connectivity index (χ0) is 21.2. The number of nitrogens with one attached hydrogen (secondary N) is 1. The van der Waals surface area contributed by atoms with Crippen molar-refractivity contribution < 1.29 is 24.2 Å². The molecule has 1 aliphatic rings. The van der Waals surface area contributed by atoms with Gasteiger partial charge in [0, 0.05) is 6.54 Å². The smallest absolute Gasteiger partial charge is 0.408 e. The molecule has 27 heavy (non-hydrogen) atoms. The van der Waals surface area contributed by atoms with Crippen molar-refractivity contribution in [3.8, 4) is 0 Å². The van der Waals surface area contributed by atoms with Crippen LogP contribution < -0.4 is 5.32 Å². The van der Waals surface area contributed by atoms with Crippen molar-refractivity contribution in [2.45, 2.75) is 85.9 Å². The van der Waals surface area contributed by atoms with Gasteiger partial charge in [-0.3, -0.25) is 4.79 Å². The van der Waals surface area contributed by atoms with E-state index in [4.69, 9.17) is 4.74 Å². The fourth-order valence-corrected chi connectivity index (χ4v) is 3.53. The second-order valence-electron chi connectivity index (χ2n) is 9.94. The maximum atomic E-state index is 13.2. The lowest BCUT2D eigenvalue weighted by Gasteiger charge is -2.36. The van der Waals surface area contributed by atoms with Crippen LogP contribution in [0.2, 0.25) is 0 Å². The first-order valence-electron chi connectivity index (χ1n) is 9.66. The minimum Gasteiger partial charge on any atom is -0.480 e. The highest BCUT2D eigenvalue weighted by molar-refractivity contribution is 5.90. The third kappa shape index (κ3) is 6.70. The largest absolute Gasteiger partial charge is 0.480 e. The monoisotopic (exact) mass is 384 g/mol. The van der Waals surface area contributed by atoms with Crippen LogP contribution in [0.5, 0.6) is 0 Å². The van der Waals surface area contributed by atoms with Crippen LogP contribution in [0.3, 0.4) is 0 Å². The van der Waals surface area contributed by atoms with Gasteiger partial charge in [-0.05, 0) is 50.9 Å². The van der Waals surface area contributed by atoms with Crippen molar-refractivity contribution in [3.63, 3.8) is 0 Å². The highest BCUT2D eigenvalue weighted by Crippen LogP contribution is 2.32. The van der Waals surface area contributed by atoms with Crippen LogP contribution in [0, 0.1) is 17.3 Å². The zero-order valence-corrected chi connectivity index (χ0v) is 18.0. The second-order valence-corrected chi connectivity index (χ2v) is 9.94. The summed E-state index contributed by atoms with van der Waals surface area (Å²) in [5.41, 5.74) is -1.28. The van der Waals surface area contributed by atoms with E-state index in [2.05, 4.69) is 5.32 Å². The number of rotatable bonds is 5. The molecule has 1 aliphatic heterocycles. The number of aliphatic carboxylic acids is 1. The van der Waals surface area contributed by atoms with Crippen molar-refractivity contribution in [1.82, 2.24) is 10.2 Å². The lowest BCUT2D eigenvalue weighted by molar-refractivity contribution is -0.151.